The van der Waals surface area contributed by atoms with Gasteiger partial charge in [0.05, 0.1) is 11.2 Å². The van der Waals surface area contributed by atoms with Crippen molar-refractivity contribution in [2.75, 3.05) is 0 Å². The Morgan fingerprint density at radius 1 is 0.708 bits per heavy atom. The van der Waals surface area contributed by atoms with Crippen LogP contribution in [0.1, 0.15) is 23.5 Å². The number of pyridine rings is 1. The summed E-state index contributed by atoms with van der Waals surface area (Å²) in [5, 5.41) is 24.3. The molecular formula is C21H15NO2. The van der Waals surface area contributed by atoms with Gasteiger partial charge in [-0.1, -0.05) is 54.6 Å². The summed E-state index contributed by atoms with van der Waals surface area (Å²) in [4.78, 5) is 4.69. The number of aliphatic hydroxyl groups is 2. The number of hydrogen-bond acceptors (Lipinski definition) is 3. The zero-order valence-electron chi connectivity index (χ0n) is 12.8. The number of rotatable bonds is 0. The smallest absolute Gasteiger partial charge is 0.127 e. The highest BCUT2D eigenvalue weighted by molar-refractivity contribution is 6.07. The molecule has 0 aliphatic heterocycles. The van der Waals surface area contributed by atoms with Crippen LogP contribution in [0.2, 0.25) is 0 Å². The van der Waals surface area contributed by atoms with Gasteiger partial charge in [0.25, 0.3) is 0 Å². The summed E-state index contributed by atoms with van der Waals surface area (Å²) in [6, 6.07) is 22.0. The van der Waals surface area contributed by atoms with Crippen LogP contribution in [0.15, 0.2) is 66.7 Å². The zero-order valence-corrected chi connectivity index (χ0v) is 12.8. The highest BCUT2D eigenvalue weighted by atomic mass is 16.3. The van der Waals surface area contributed by atoms with Gasteiger partial charge in [-0.15, -0.1) is 0 Å². The number of aromatic nitrogens is 1. The van der Waals surface area contributed by atoms with Crippen LogP contribution in [0.3, 0.4) is 0 Å². The molecule has 0 fully saturated rings. The second kappa shape index (κ2) is 4.87. The van der Waals surface area contributed by atoms with E-state index in [0.717, 1.165) is 38.4 Å². The summed E-state index contributed by atoms with van der Waals surface area (Å²) in [5.41, 5.74) is 3.96. The molecule has 0 bridgehead atoms. The summed E-state index contributed by atoms with van der Waals surface area (Å²) in [5.74, 6) is 0. The van der Waals surface area contributed by atoms with Crippen molar-refractivity contribution in [3.05, 3.63) is 78.0 Å². The van der Waals surface area contributed by atoms with Gasteiger partial charge in [0.1, 0.15) is 12.2 Å². The maximum absolute atomic E-state index is 10.5. The first-order valence-corrected chi connectivity index (χ1v) is 8.02. The molecule has 1 aliphatic carbocycles. The Bertz CT molecular complexity index is 1100. The zero-order chi connectivity index (χ0) is 16.3. The molecule has 2 N–H and O–H groups in total. The molecule has 1 aliphatic rings. The molecule has 0 radical (unpaired) electrons. The molecule has 2 atom stereocenters. The van der Waals surface area contributed by atoms with Crippen molar-refractivity contribution in [1.29, 1.82) is 0 Å². The van der Waals surface area contributed by atoms with E-state index in [9.17, 15) is 10.2 Å². The largest absolute Gasteiger partial charge is 0.385 e. The Labute approximate surface area is 138 Å². The Balaban J connectivity index is 1.92. The number of fused-ring (bicyclic) bond motifs is 6. The van der Waals surface area contributed by atoms with Gasteiger partial charge in [-0.3, -0.25) is 0 Å². The summed E-state index contributed by atoms with van der Waals surface area (Å²) < 4.78 is 0. The van der Waals surface area contributed by atoms with Crippen molar-refractivity contribution >= 4 is 21.7 Å². The molecule has 24 heavy (non-hydrogen) atoms. The maximum atomic E-state index is 10.5. The van der Waals surface area contributed by atoms with Crippen molar-refractivity contribution in [3.8, 4) is 11.1 Å². The third-order valence-electron chi connectivity index (χ3n) is 4.90. The lowest BCUT2D eigenvalue weighted by Crippen LogP contribution is -2.18. The van der Waals surface area contributed by atoms with Crippen molar-refractivity contribution in [1.82, 2.24) is 4.98 Å². The lowest BCUT2D eigenvalue weighted by atomic mass is 9.84. The van der Waals surface area contributed by atoms with Crippen LogP contribution in [-0.2, 0) is 0 Å². The van der Waals surface area contributed by atoms with Crippen LogP contribution in [-0.4, -0.2) is 15.2 Å². The van der Waals surface area contributed by atoms with E-state index < -0.39 is 12.2 Å². The molecular weight excluding hydrogens is 298 g/mol. The summed E-state index contributed by atoms with van der Waals surface area (Å²) in [6.07, 6.45) is -1.95. The van der Waals surface area contributed by atoms with Crippen molar-refractivity contribution in [2.45, 2.75) is 12.2 Å². The van der Waals surface area contributed by atoms with Crippen LogP contribution in [0, 0.1) is 0 Å². The van der Waals surface area contributed by atoms with E-state index in [2.05, 4.69) is 23.2 Å². The minimum Gasteiger partial charge on any atom is -0.385 e. The fourth-order valence-corrected chi connectivity index (χ4v) is 3.70. The van der Waals surface area contributed by atoms with Crippen LogP contribution in [0.5, 0.6) is 0 Å². The van der Waals surface area contributed by atoms with Gasteiger partial charge in [0.2, 0.25) is 0 Å². The maximum Gasteiger partial charge on any atom is 0.127 e. The molecule has 1 heterocycles. The molecule has 4 aromatic rings. The Morgan fingerprint density at radius 3 is 2.42 bits per heavy atom. The fourth-order valence-electron chi connectivity index (χ4n) is 3.70. The van der Waals surface area contributed by atoms with Crippen LogP contribution in [0.25, 0.3) is 32.8 Å². The second-order valence-electron chi connectivity index (χ2n) is 6.25. The average molecular weight is 313 g/mol. The first kappa shape index (κ1) is 13.7. The van der Waals surface area contributed by atoms with Crippen molar-refractivity contribution < 1.29 is 10.2 Å². The Hall–Kier alpha value is -2.75. The van der Waals surface area contributed by atoms with Crippen LogP contribution < -0.4 is 0 Å². The third-order valence-corrected chi connectivity index (χ3v) is 4.90. The Morgan fingerprint density at radius 2 is 1.50 bits per heavy atom. The fraction of sp³-hybridized carbons (Fsp3) is 0.0952. The minimum absolute atomic E-state index is 0.545. The van der Waals surface area contributed by atoms with E-state index in [-0.39, 0.29) is 0 Å². The quantitative estimate of drug-likeness (QED) is 0.480. The molecule has 116 valence electrons. The lowest BCUT2D eigenvalue weighted by Gasteiger charge is -2.28. The number of aliphatic hydroxyl groups excluding tert-OH is 2. The van der Waals surface area contributed by atoms with Gasteiger partial charge in [-0.05, 0) is 34.0 Å². The van der Waals surface area contributed by atoms with E-state index in [1.807, 2.05) is 48.5 Å². The molecule has 5 rings (SSSR count). The molecule has 0 saturated heterocycles. The Kier molecular flexibility index (Phi) is 2.77. The normalized spacial score (nSPS) is 19.2. The SMILES string of the molecule is O[C@@H]1c2nc3ccc4ccccc4c3cc2-c2ccccc2[C@@H]1O. The van der Waals surface area contributed by atoms with Crippen LogP contribution in [0.4, 0.5) is 0 Å². The molecule has 0 unspecified atom stereocenters. The predicted octanol–water partition coefficient (Wildman–Crippen LogP) is 4.14. The topological polar surface area (TPSA) is 53.4 Å². The second-order valence-corrected chi connectivity index (χ2v) is 6.25. The van der Waals surface area contributed by atoms with E-state index in [0.29, 0.717) is 5.69 Å². The molecule has 3 heteroatoms. The van der Waals surface area contributed by atoms with E-state index in [1.54, 1.807) is 0 Å². The van der Waals surface area contributed by atoms with E-state index in [4.69, 9.17) is 0 Å². The van der Waals surface area contributed by atoms with Crippen molar-refractivity contribution in [2.24, 2.45) is 0 Å². The number of benzene rings is 3. The van der Waals surface area contributed by atoms with Gasteiger partial charge in [-0.25, -0.2) is 4.98 Å². The lowest BCUT2D eigenvalue weighted by molar-refractivity contribution is 0.0133. The van der Waals surface area contributed by atoms with Gasteiger partial charge in [0, 0.05) is 10.9 Å². The summed E-state index contributed by atoms with van der Waals surface area (Å²) >= 11 is 0. The highest BCUT2D eigenvalue weighted by Crippen LogP contribution is 2.44. The monoisotopic (exact) mass is 313 g/mol. The third kappa shape index (κ3) is 1.77. The molecule has 3 nitrogen and oxygen atoms in total. The van der Waals surface area contributed by atoms with E-state index in [1.165, 1.54) is 0 Å². The standard InChI is InChI=1S/C21H15NO2/c23-20-15-8-4-3-7-14(15)17-11-16-13-6-2-1-5-12(13)9-10-18(16)22-19(17)21(20)24/h1-11,20-21,23-24H/t20-,21+/m0/s1. The van der Waals surface area contributed by atoms with Gasteiger partial charge >= 0.3 is 0 Å². The summed E-state index contributed by atoms with van der Waals surface area (Å²) in [7, 11) is 0. The van der Waals surface area contributed by atoms with Crippen LogP contribution >= 0.6 is 0 Å². The van der Waals surface area contributed by atoms with Gasteiger partial charge < -0.3 is 10.2 Å². The summed E-state index contributed by atoms with van der Waals surface area (Å²) in [6.45, 7) is 0. The number of hydrogen-bond donors (Lipinski definition) is 2. The van der Waals surface area contributed by atoms with Crippen molar-refractivity contribution in [3.63, 3.8) is 0 Å². The number of nitrogens with zero attached hydrogens (tertiary/aromatic N) is 1. The van der Waals surface area contributed by atoms with Gasteiger partial charge in [0.15, 0.2) is 0 Å². The molecule has 3 aromatic carbocycles. The molecule has 0 amide bonds. The molecule has 0 spiro atoms. The molecule has 1 aromatic heterocycles. The predicted molar refractivity (Wildman–Crippen MR) is 94.6 cm³/mol. The van der Waals surface area contributed by atoms with Gasteiger partial charge in [-0.2, -0.15) is 0 Å². The first-order valence-electron chi connectivity index (χ1n) is 8.02. The molecule has 0 saturated carbocycles. The average Bonchev–Trinajstić information content (AvgIpc) is 2.65. The van der Waals surface area contributed by atoms with E-state index >= 15 is 0 Å². The first-order chi connectivity index (χ1) is 11.7. The minimum atomic E-state index is -1.01. The highest BCUT2D eigenvalue weighted by Gasteiger charge is 2.32.